The number of carbonyl (C=O) groups excluding carboxylic acids is 2. The molecule has 0 spiro atoms. The van der Waals surface area contributed by atoms with Crippen molar-refractivity contribution in [3.63, 3.8) is 0 Å². The van der Waals surface area contributed by atoms with Crippen molar-refractivity contribution in [2.24, 2.45) is 5.73 Å². The number of rotatable bonds is 9. The highest BCUT2D eigenvalue weighted by Crippen LogP contribution is 2.17. The van der Waals surface area contributed by atoms with E-state index >= 15 is 0 Å². The fourth-order valence-corrected chi connectivity index (χ4v) is 2.02. The first kappa shape index (κ1) is 17.9. The fraction of sp³-hybridized carbons (Fsp3) is 0.846. The Labute approximate surface area is 115 Å². The van der Waals surface area contributed by atoms with E-state index in [1.165, 1.54) is 0 Å². The van der Waals surface area contributed by atoms with Gasteiger partial charge in [0.05, 0.1) is 12.6 Å². The number of ether oxygens (including phenoxy) is 1. The zero-order valence-electron chi connectivity index (χ0n) is 12.6. The molecule has 2 atom stereocenters. The summed E-state index contributed by atoms with van der Waals surface area (Å²) in [5, 5.41) is 6.05. The number of esters is 1. The molecule has 0 aliphatic carbocycles. The van der Waals surface area contributed by atoms with Crippen molar-refractivity contribution in [2.75, 3.05) is 13.7 Å². The van der Waals surface area contributed by atoms with E-state index in [2.05, 4.69) is 10.6 Å². The van der Waals surface area contributed by atoms with Crippen molar-refractivity contribution in [3.8, 4) is 0 Å². The van der Waals surface area contributed by atoms with Crippen molar-refractivity contribution < 1.29 is 14.3 Å². The van der Waals surface area contributed by atoms with Gasteiger partial charge >= 0.3 is 5.97 Å². The van der Waals surface area contributed by atoms with Crippen LogP contribution in [0.4, 0.5) is 0 Å². The average molecular weight is 273 g/mol. The minimum absolute atomic E-state index is 0.135. The standard InChI is InChI=1S/C13H27N3O3/c1-6-19-12(18)13(4,16-9(2)3)8-7-10(15-5)11(14)17/h9-10,15-16H,6-8H2,1-5H3,(H2,14,17). The molecular weight excluding hydrogens is 246 g/mol. The van der Waals surface area contributed by atoms with Gasteiger partial charge in [-0.2, -0.15) is 0 Å². The van der Waals surface area contributed by atoms with Gasteiger partial charge in [0.25, 0.3) is 0 Å². The molecule has 0 fully saturated rings. The number of nitrogens with one attached hydrogen (secondary N) is 2. The Morgan fingerprint density at radius 3 is 2.32 bits per heavy atom. The van der Waals surface area contributed by atoms with Gasteiger partial charge in [0.2, 0.25) is 5.91 Å². The van der Waals surface area contributed by atoms with E-state index in [9.17, 15) is 9.59 Å². The van der Waals surface area contributed by atoms with Gasteiger partial charge in [0, 0.05) is 6.04 Å². The molecule has 0 rings (SSSR count). The van der Waals surface area contributed by atoms with Crippen molar-refractivity contribution >= 4 is 11.9 Å². The number of carbonyl (C=O) groups is 2. The van der Waals surface area contributed by atoms with Crippen molar-refractivity contribution in [2.45, 2.75) is 58.2 Å². The predicted octanol–water partition coefficient (Wildman–Crippen LogP) is 0.160. The molecule has 112 valence electrons. The van der Waals surface area contributed by atoms with Crippen LogP contribution in [0.2, 0.25) is 0 Å². The van der Waals surface area contributed by atoms with Gasteiger partial charge in [-0.05, 0) is 47.6 Å². The largest absolute Gasteiger partial charge is 0.465 e. The Bertz CT molecular complexity index is 308. The molecule has 6 heteroatoms. The van der Waals surface area contributed by atoms with Crippen LogP contribution < -0.4 is 16.4 Å². The summed E-state index contributed by atoms with van der Waals surface area (Å²) in [6.45, 7) is 7.81. The highest BCUT2D eigenvalue weighted by molar-refractivity contribution is 5.81. The summed E-state index contributed by atoms with van der Waals surface area (Å²) in [5.41, 5.74) is 4.46. The highest BCUT2D eigenvalue weighted by Gasteiger charge is 2.35. The maximum absolute atomic E-state index is 12.0. The maximum atomic E-state index is 12.0. The molecule has 19 heavy (non-hydrogen) atoms. The van der Waals surface area contributed by atoms with E-state index in [1.807, 2.05) is 13.8 Å². The Hall–Kier alpha value is -1.14. The van der Waals surface area contributed by atoms with Crippen molar-refractivity contribution in [3.05, 3.63) is 0 Å². The highest BCUT2D eigenvalue weighted by atomic mass is 16.5. The first-order valence-corrected chi connectivity index (χ1v) is 6.68. The van der Waals surface area contributed by atoms with E-state index in [0.717, 1.165) is 0 Å². The maximum Gasteiger partial charge on any atom is 0.326 e. The minimum atomic E-state index is -0.811. The molecule has 0 aliphatic rings. The normalized spacial score (nSPS) is 15.9. The molecule has 0 heterocycles. The lowest BCUT2D eigenvalue weighted by atomic mass is 9.92. The Morgan fingerprint density at radius 2 is 1.95 bits per heavy atom. The van der Waals surface area contributed by atoms with Gasteiger partial charge in [-0.15, -0.1) is 0 Å². The third-order valence-corrected chi connectivity index (χ3v) is 2.96. The molecule has 0 radical (unpaired) electrons. The Kier molecular flexibility index (Phi) is 7.63. The summed E-state index contributed by atoms with van der Waals surface area (Å²) in [6, 6.07) is -0.307. The summed E-state index contributed by atoms with van der Waals surface area (Å²) in [7, 11) is 1.67. The molecule has 0 aromatic heterocycles. The minimum Gasteiger partial charge on any atom is -0.465 e. The average Bonchev–Trinajstić information content (AvgIpc) is 2.28. The number of hydrogen-bond acceptors (Lipinski definition) is 5. The van der Waals surface area contributed by atoms with Crippen molar-refractivity contribution in [1.82, 2.24) is 10.6 Å². The molecule has 0 aromatic rings. The molecule has 1 amide bonds. The number of primary amides is 1. The second-order valence-corrected chi connectivity index (χ2v) is 5.13. The van der Waals surface area contributed by atoms with Crippen LogP contribution in [0.25, 0.3) is 0 Å². The quantitative estimate of drug-likeness (QED) is 0.520. The first-order chi connectivity index (χ1) is 8.76. The van der Waals surface area contributed by atoms with E-state index in [0.29, 0.717) is 19.4 Å². The molecule has 0 saturated carbocycles. The number of likely N-dealkylation sites (N-methyl/N-ethyl adjacent to an activating group) is 1. The molecular formula is C13H27N3O3. The molecule has 0 saturated heterocycles. The second-order valence-electron chi connectivity index (χ2n) is 5.13. The topological polar surface area (TPSA) is 93.4 Å². The monoisotopic (exact) mass is 273 g/mol. The third-order valence-electron chi connectivity index (χ3n) is 2.96. The van der Waals surface area contributed by atoms with E-state index in [1.54, 1.807) is 20.9 Å². The number of amides is 1. The van der Waals surface area contributed by atoms with Crippen LogP contribution >= 0.6 is 0 Å². The lowest BCUT2D eigenvalue weighted by Gasteiger charge is -2.31. The van der Waals surface area contributed by atoms with E-state index in [-0.39, 0.29) is 12.0 Å². The summed E-state index contributed by atoms with van der Waals surface area (Å²) >= 11 is 0. The Balaban J connectivity index is 4.76. The van der Waals surface area contributed by atoms with Gasteiger partial charge in [-0.25, -0.2) is 0 Å². The lowest BCUT2D eigenvalue weighted by molar-refractivity contribution is -0.151. The molecule has 0 bridgehead atoms. The summed E-state index contributed by atoms with van der Waals surface area (Å²) in [5.74, 6) is -0.721. The second kappa shape index (κ2) is 8.12. The number of nitrogens with two attached hydrogens (primary N) is 1. The van der Waals surface area contributed by atoms with Crippen LogP contribution in [0.1, 0.15) is 40.5 Å². The van der Waals surface area contributed by atoms with Crippen LogP contribution in [0.3, 0.4) is 0 Å². The summed E-state index contributed by atoms with van der Waals surface area (Å²) in [6.07, 6.45) is 0.944. The fourth-order valence-electron chi connectivity index (χ4n) is 2.02. The van der Waals surface area contributed by atoms with Crippen molar-refractivity contribution in [1.29, 1.82) is 0 Å². The van der Waals surface area contributed by atoms with Crippen LogP contribution in [0, 0.1) is 0 Å². The van der Waals surface area contributed by atoms with Gasteiger partial charge in [-0.3, -0.25) is 14.9 Å². The van der Waals surface area contributed by atoms with Crippen LogP contribution in [-0.2, 0) is 14.3 Å². The Morgan fingerprint density at radius 1 is 1.37 bits per heavy atom. The number of hydrogen-bond donors (Lipinski definition) is 3. The first-order valence-electron chi connectivity index (χ1n) is 6.68. The van der Waals surface area contributed by atoms with Crippen LogP contribution in [0.5, 0.6) is 0 Å². The summed E-state index contributed by atoms with van der Waals surface area (Å²) in [4.78, 5) is 23.2. The molecule has 4 N–H and O–H groups in total. The summed E-state index contributed by atoms with van der Waals surface area (Å²) < 4.78 is 5.10. The zero-order chi connectivity index (χ0) is 15.1. The molecule has 0 aromatic carbocycles. The van der Waals surface area contributed by atoms with Gasteiger partial charge in [0.15, 0.2) is 0 Å². The van der Waals surface area contributed by atoms with Gasteiger partial charge < -0.3 is 15.8 Å². The molecule has 0 aliphatic heterocycles. The smallest absolute Gasteiger partial charge is 0.326 e. The van der Waals surface area contributed by atoms with Gasteiger partial charge in [0.1, 0.15) is 5.54 Å². The lowest BCUT2D eigenvalue weighted by Crippen LogP contribution is -2.54. The van der Waals surface area contributed by atoms with E-state index < -0.39 is 17.5 Å². The molecule has 6 nitrogen and oxygen atoms in total. The predicted molar refractivity (Wildman–Crippen MR) is 74.6 cm³/mol. The SMILES string of the molecule is CCOC(=O)C(C)(CCC(NC)C(N)=O)NC(C)C. The van der Waals surface area contributed by atoms with Crippen LogP contribution in [-0.4, -0.2) is 43.2 Å². The third kappa shape index (κ3) is 6.02. The van der Waals surface area contributed by atoms with Crippen LogP contribution in [0.15, 0.2) is 0 Å². The van der Waals surface area contributed by atoms with Gasteiger partial charge in [-0.1, -0.05) is 0 Å². The molecule has 2 unspecified atom stereocenters. The zero-order valence-corrected chi connectivity index (χ0v) is 12.6. The van der Waals surface area contributed by atoms with E-state index in [4.69, 9.17) is 10.5 Å².